The molecule has 3 heteroatoms. The summed E-state index contributed by atoms with van der Waals surface area (Å²) >= 11 is 0. The van der Waals surface area contributed by atoms with Gasteiger partial charge < -0.3 is 9.84 Å². The molecule has 1 aromatic heterocycles. The number of aliphatic hydroxyl groups excluding tert-OH is 1. The smallest absolute Gasteiger partial charge is 0.137 e. The van der Waals surface area contributed by atoms with Gasteiger partial charge in [0.1, 0.15) is 5.75 Å². The SMILES string of the molecule is CCCCCOc1ccc(-c2ccccc2C(O)CC)nc1. The summed E-state index contributed by atoms with van der Waals surface area (Å²) in [5, 5.41) is 10.1. The van der Waals surface area contributed by atoms with Gasteiger partial charge in [0, 0.05) is 5.56 Å². The summed E-state index contributed by atoms with van der Waals surface area (Å²) in [6, 6.07) is 11.8. The number of hydrogen-bond donors (Lipinski definition) is 1. The summed E-state index contributed by atoms with van der Waals surface area (Å²) in [4.78, 5) is 4.49. The van der Waals surface area contributed by atoms with Gasteiger partial charge >= 0.3 is 0 Å². The number of benzene rings is 1. The van der Waals surface area contributed by atoms with Crippen LogP contribution in [0.15, 0.2) is 42.6 Å². The summed E-state index contributed by atoms with van der Waals surface area (Å²) in [5.74, 6) is 0.799. The Kier molecular flexibility index (Phi) is 6.41. The third-order valence-electron chi connectivity index (χ3n) is 3.74. The Bertz CT molecular complexity index is 566. The van der Waals surface area contributed by atoms with Crippen LogP contribution in [0.3, 0.4) is 0 Å². The van der Waals surface area contributed by atoms with E-state index in [1.807, 2.05) is 43.3 Å². The second kappa shape index (κ2) is 8.54. The third-order valence-corrected chi connectivity index (χ3v) is 3.74. The summed E-state index contributed by atoms with van der Waals surface area (Å²) in [6.45, 7) is 4.89. The van der Waals surface area contributed by atoms with Crippen molar-refractivity contribution >= 4 is 0 Å². The normalized spacial score (nSPS) is 12.1. The van der Waals surface area contributed by atoms with Crippen LogP contribution in [0.1, 0.15) is 51.2 Å². The monoisotopic (exact) mass is 299 g/mol. The predicted octanol–water partition coefficient (Wildman–Crippen LogP) is 4.76. The number of pyridine rings is 1. The van der Waals surface area contributed by atoms with E-state index < -0.39 is 6.10 Å². The molecule has 0 saturated carbocycles. The van der Waals surface area contributed by atoms with Gasteiger partial charge in [-0.2, -0.15) is 0 Å². The molecule has 1 N–H and O–H groups in total. The Morgan fingerprint density at radius 1 is 1.09 bits per heavy atom. The molecule has 0 bridgehead atoms. The fourth-order valence-corrected chi connectivity index (χ4v) is 2.41. The van der Waals surface area contributed by atoms with Crippen LogP contribution < -0.4 is 4.74 Å². The van der Waals surface area contributed by atoms with Crippen LogP contribution in [0.4, 0.5) is 0 Å². The van der Waals surface area contributed by atoms with E-state index in [0.717, 1.165) is 35.6 Å². The first-order valence-electron chi connectivity index (χ1n) is 8.12. The molecule has 2 rings (SSSR count). The first-order valence-corrected chi connectivity index (χ1v) is 8.12. The number of aromatic nitrogens is 1. The minimum atomic E-state index is -0.456. The van der Waals surface area contributed by atoms with Crippen molar-refractivity contribution in [2.45, 2.75) is 45.6 Å². The Balaban J connectivity index is 2.10. The van der Waals surface area contributed by atoms with Gasteiger partial charge in [-0.25, -0.2) is 0 Å². The highest BCUT2D eigenvalue weighted by atomic mass is 16.5. The zero-order valence-electron chi connectivity index (χ0n) is 13.5. The minimum Gasteiger partial charge on any atom is -0.492 e. The fourth-order valence-electron chi connectivity index (χ4n) is 2.41. The van der Waals surface area contributed by atoms with E-state index >= 15 is 0 Å². The van der Waals surface area contributed by atoms with Crippen molar-refractivity contribution in [2.24, 2.45) is 0 Å². The van der Waals surface area contributed by atoms with Crippen molar-refractivity contribution in [2.75, 3.05) is 6.61 Å². The number of unbranched alkanes of at least 4 members (excludes halogenated alkanes) is 2. The summed E-state index contributed by atoms with van der Waals surface area (Å²) < 4.78 is 5.69. The molecule has 0 fully saturated rings. The highest BCUT2D eigenvalue weighted by Crippen LogP contribution is 2.29. The lowest BCUT2D eigenvalue weighted by molar-refractivity contribution is 0.174. The van der Waals surface area contributed by atoms with Crippen molar-refractivity contribution in [1.29, 1.82) is 0 Å². The van der Waals surface area contributed by atoms with E-state index in [2.05, 4.69) is 11.9 Å². The van der Waals surface area contributed by atoms with E-state index in [1.54, 1.807) is 6.20 Å². The highest BCUT2D eigenvalue weighted by Gasteiger charge is 2.12. The molecule has 0 spiro atoms. The molecule has 0 aliphatic heterocycles. The van der Waals surface area contributed by atoms with Crippen molar-refractivity contribution in [1.82, 2.24) is 4.98 Å². The molecule has 1 heterocycles. The van der Waals surface area contributed by atoms with Crippen LogP contribution in [-0.2, 0) is 0 Å². The maximum Gasteiger partial charge on any atom is 0.137 e. The van der Waals surface area contributed by atoms with Crippen LogP contribution in [-0.4, -0.2) is 16.7 Å². The van der Waals surface area contributed by atoms with E-state index in [0.29, 0.717) is 6.42 Å². The van der Waals surface area contributed by atoms with Crippen LogP contribution in [0.25, 0.3) is 11.3 Å². The Labute approximate surface area is 133 Å². The molecule has 118 valence electrons. The van der Waals surface area contributed by atoms with Crippen LogP contribution in [0, 0.1) is 0 Å². The number of nitrogens with zero attached hydrogens (tertiary/aromatic N) is 1. The van der Waals surface area contributed by atoms with Crippen molar-refractivity contribution in [3.05, 3.63) is 48.2 Å². The molecular formula is C19H25NO2. The molecule has 0 aliphatic rings. The van der Waals surface area contributed by atoms with E-state index in [9.17, 15) is 5.11 Å². The lowest BCUT2D eigenvalue weighted by atomic mass is 9.98. The molecular weight excluding hydrogens is 274 g/mol. The molecule has 1 aromatic carbocycles. The molecule has 3 nitrogen and oxygen atoms in total. The van der Waals surface area contributed by atoms with Gasteiger partial charge in [-0.3, -0.25) is 4.98 Å². The van der Waals surface area contributed by atoms with E-state index in [4.69, 9.17) is 4.74 Å². The first-order chi connectivity index (χ1) is 10.8. The molecule has 1 unspecified atom stereocenters. The lowest BCUT2D eigenvalue weighted by Gasteiger charge is -2.14. The quantitative estimate of drug-likeness (QED) is 0.714. The van der Waals surface area contributed by atoms with Crippen molar-refractivity contribution < 1.29 is 9.84 Å². The van der Waals surface area contributed by atoms with Crippen LogP contribution in [0.5, 0.6) is 5.75 Å². The van der Waals surface area contributed by atoms with Gasteiger partial charge in [-0.05, 0) is 30.5 Å². The van der Waals surface area contributed by atoms with Gasteiger partial charge in [-0.15, -0.1) is 0 Å². The molecule has 0 radical (unpaired) electrons. The molecule has 0 aliphatic carbocycles. The third kappa shape index (κ3) is 4.31. The van der Waals surface area contributed by atoms with E-state index in [1.165, 1.54) is 12.8 Å². The molecule has 1 atom stereocenters. The Hall–Kier alpha value is -1.87. The zero-order valence-corrected chi connectivity index (χ0v) is 13.5. The van der Waals surface area contributed by atoms with Crippen LogP contribution in [0.2, 0.25) is 0 Å². The average Bonchev–Trinajstić information content (AvgIpc) is 2.58. The largest absolute Gasteiger partial charge is 0.492 e. The van der Waals surface area contributed by atoms with Crippen LogP contribution >= 0.6 is 0 Å². The van der Waals surface area contributed by atoms with Crippen molar-refractivity contribution in [3.8, 4) is 17.0 Å². The van der Waals surface area contributed by atoms with Gasteiger partial charge in [-0.1, -0.05) is 51.0 Å². The zero-order chi connectivity index (χ0) is 15.8. The van der Waals surface area contributed by atoms with Gasteiger partial charge in [0.15, 0.2) is 0 Å². The fraction of sp³-hybridized carbons (Fsp3) is 0.421. The number of ether oxygens (including phenoxy) is 1. The first kappa shape index (κ1) is 16.5. The minimum absolute atomic E-state index is 0.456. The summed E-state index contributed by atoms with van der Waals surface area (Å²) in [5.41, 5.74) is 2.77. The number of rotatable bonds is 8. The molecule has 2 aromatic rings. The Morgan fingerprint density at radius 3 is 2.59 bits per heavy atom. The second-order valence-electron chi connectivity index (χ2n) is 5.45. The van der Waals surface area contributed by atoms with Gasteiger partial charge in [0.2, 0.25) is 0 Å². The summed E-state index contributed by atoms with van der Waals surface area (Å²) in [6.07, 6.45) is 5.45. The molecule has 22 heavy (non-hydrogen) atoms. The molecule has 0 amide bonds. The predicted molar refractivity (Wildman–Crippen MR) is 89.9 cm³/mol. The second-order valence-corrected chi connectivity index (χ2v) is 5.45. The number of hydrogen-bond acceptors (Lipinski definition) is 3. The van der Waals surface area contributed by atoms with Gasteiger partial charge in [0.25, 0.3) is 0 Å². The van der Waals surface area contributed by atoms with Crippen molar-refractivity contribution in [3.63, 3.8) is 0 Å². The number of aliphatic hydroxyl groups is 1. The summed E-state index contributed by atoms with van der Waals surface area (Å²) in [7, 11) is 0. The maximum absolute atomic E-state index is 10.1. The highest BCUT2D eigenvalue weighted by molar-refractivity contribution is 5.64. The topological polar surface area (TPSA) is 42.4 Å². The van der Waals surface area contributed by atoms with Gasteiger partial charge in [0.05, 0.1) is 24.6 Å². The average molecular weight is 299 g/mol. The van der Waals surface area contributed by atoms with E-state index in [-0.39, 0.29) is 0 Å². The Morgan fingerprint density at radius 2 is 1.91 bits per heavy atom. The standard InChI is InChI=1S/C19H25NO2/c1-3-5-8-13-22-15-11-12-18(20-14-15)16-9-6-7-10-17(16)19(21)4-2/h6-7,9-12,14,19,21H,3-5,8,13H2,1-2H3. The molecule has 0 saturated heterocycles. The maximum atomic E-state index is 10.1. The lowest BCUT2D eigenvalue weighted by Crippen LogP contribution is -2.00.